The lowest BCUT2D eigenvalue weighted by molar-refractivity contribution is 0.00133. The Hall–Kier alpha value is -1.22. The van der Waals surface area contributed by atoms with Crippen LogP contribution in [-0.2, 0) is 4.74 Å². The molecular formula is C15H18O3. The summed E-state index contributed by atoms with van der Waals surface area (Å²) in [6, 6.07) is 6.05. The second-order valence-corrected chi connectivity index (χ2v) is 5.61. The van der Waals surface area contributed by atoms with Gasteiger partial charge < -0.3 is 14.2 Å². The molecule has 0 aromatic heterocycles. The molecule has 0 bridgehead atoms. The maximum absolute atomic E-state index is 6.33. The topological polar surface area (TPSA) is 31.0 Å². The Balaban J connectivity index is 1.71. The van der Waals surface area contributed by atoms with E-state index in [4.69, 9.17) is 14.2 Å². The van der Waals surface area contributed by atoms with Crippen LogP contribution < -0.4 is 9.47 Å². The predicted octanol–water partition coefficient (Wildman–Crippen LogP) is 3.23. The number of ether oxygens (including phenoxy) is 3. The number of epoxide rings is 1. The molecule has 18 heavy (non-hydrogen) atoms. The summed E-state index contributed by atoms with van der Waals surface area (Å²) in [5.41, 5.74) is 1.13. The molecule has 4 rings (SSSR count). The van der Waals surface area contributed by atoms with Crippen molar-refractivity contribution in [1.29, 1.82) is 0 Å². The van der Waals surface area contributed by atoms with Crippen LogP contribution in [0.3, 0.4) is 0 Å². The number of benzene rings is 1. The molecular weight excluding hydrogens is 228 g/mol. The molecule has 1 spiro atoms. The molecule has 0 amide bonds. The Morgan fingerprint density at radius 1 is 1.22 bits per heavy atom. The Morgan fingerprint density at radius 2 is 2.06 bits per heavy atom. The highest BCUT2D eigenvalue weighted by Gasteiger charge is 2.61. The van der Waals surface area contributed by atoms with Crippen LogP contribution in [0.5, 0.6) is 11.5 Å². The zero-order valence-electron chi connectivity index (χ0n) is 10.6. The summed E-state index contributed by atoms with van der Waals surface area (Å²) in [6.07, 6.45) is 6.65. The third-order valence-electron chi connectivity index (χ3n) is 4.55. The van der Waals surface area contributed by atoms with Crippen LogP contribution in [0.1, 0.15) is 43.8 Å². The quantitative estimate of drug-likeness (QED) is 0.713. The van der Waals surface area contributed by atoms with Crippen molar-refractivity contribution in [3.8, 4) is 11.5 Å². The Kier molecular flexibility index (Phi) is 2.16. The van der Waals surface area contributed by atoms with Gasteiger partial charge in [-0.25, -0.2) is 0 Å². The summed E-state index contributed by atoms with van der Waals surface area (Å²) in [7, 11) is 1.69. The molecule has 0 radical (unpaired) electrons. The summed E-state index contributed by atoms with van der Waals surface area (Å²) < 4.78 is 17.5. The number of hydrogen-bond acceptors (Lipinski definition) is 3. The third kappa shape index (κ3) is 1.40. The molecule has 0 N–H and O–H groups in total. The first kappa shape index (κ1) is 10.7. The van der Waals surface area contributed by atoms with Crippen LogP contribution in [0.15, 0.2) is 18.2 Å². The fraction of sp³-hybridized carbons (Fsp3) is 0.600. The largest absolute Gasteiger partial charge is 0.497 e. The highest BCUT2D eigenvalue weighted by molar-refractivity contribution is 5.47. The Bertz CT molecular complexity index is 477. The summed E-state index contributed by atoms with van der Waals surface area (Å²) in [6.45, 7) is 0. The van der Waals surface area contributed by atoms with E-state index in [0.717, 1.165) is 29.9 Å². The molecule has 3 aliphatic rings. The van der Waals surface area contributed by atoms with E-state index in [1.807, 2.05) is 12.1 Å². The van der Waals surface area contributed by atoms with E-state index in [-0.39, 0.29) is 17.8 Å². The third-order valence-corrected chi connectivity index (χ3v) is 4.55. The van der Waals surface area contributed by atoms with Gasteiger partial charge in [0.15, 0.2) is 0 Å². The van der Waals surface area contributed by atoms with Crippen molar-refractivity contribution >= 4 is 0 Å². The van der Waals surface area contributed by atoms with E-state index >= 15 is 0 Å². The average Bonchev–Trinajstić information content (AvgIpc) is 3.21. The molecule has 3 nitrogen and oxygen atoms in total. The van der Waals surface area contributed by atoms with E-state index in [9.17, 15) is 0 Å². The van der Waals surface area contributed by atoms with E-state index < -0.39 is 0 Å². The summed E-state index contributed by atoms with van der Waals surface area (Å²) in [4.78, 5) is 0. The van der Waals surface area contributed by atoms with Crippen molar-refractivity contribution in [3.63, 3.8) is 0 Å². The zero-order valence-corrected chi connectivity index (χ0v) is 10.6. The zero-order chi connectivity index (χ0) is 12.2. The molecule has 2 fully saturated rings. The molecule has 1 saturated carbocycles. The first-order valence-corrected chi connectivity index (χ1v) is 6.85. The molecule has 2 aliphatic heterocycles. The van der Waals surface area contributed by atoms with Gasteiger partial charge in [-0.2, -0.15) is 0 Å². The molecule has 1 aromatic carbocycles. The lowest BCUT2D eigenvalue weighted by Gasteiger charge is -2.39. The van der Waals surface area contributed by atoms with Crippen molar-refractivity contribution in [3.05, 3.63) is 23.8 Å². The van der Waals surface area contributed by atoms with Crippen molar-refractivity contribution in [2.45, 2.75) is 49.9 Å². The van der Waals surface area contributed by atoms with Crippen molar-refractivity contribution in [2.24, 2.45) is 0 Å². The fourth-order valence-corrected chi connectivity index (χ4v) is 3.53. The maximum atomic E-state index is 6.33. The Labute approximate surface area is 107 Å². The van der Waals surface area contributed by atoms with Gasteiger partial charge in [0.1, 0.15) is 29.3 Å². The minimum absolute atomic E-state index is 0.0372. The van der Waals surface area contributed by atoms with Crippen LogP contribution >= 0.6 is 0 Å². The van der Waals surface area contributed by atoms with Crippen LogP contribution in [0, 0.1) is 0 Å². The molecule has 1 aliphatic carbocycles. The minimum Gasteiger partial charge on any atom is -0.497 e. The van der Waals surface area contributed by atoms with Crippen LogP contribution in [0.4, 0.5) is 0 Å². The number of fused-ring (bicyclic) bond motifs is 4. The molecule has 3 heteroatoms. The van der Waals surface area contributed by atoms with Gasteiger partial charge in [0.25, 0.3) is 0 Å². The molecule has 2 heterocycles. The van der Waals surface area contributed by atoms with Gasteiger partial charge in [-0.05, 0) is 43.9 Å². The standard InChI is InChI=1S/C15H18O3/c1-16-10-5-6-12-11(9-10)13-14(17-13)15(18-12)7-3-2-4-8-15/h5-6,9,13-14H,2-4,7-8H2,1H3/t13-,14+/m0/s1. The van der Waals surface area contributed by atoms with Crippen LogP contribution in [0.25, 0.3) is 0 Å². The molecule has 2 atom stereocenters. The summed E-state index contributed by atoms with van der Waals surface area (Å²) >= 11 is 0. The average molecular weight is 246 g/mol. The van der Waals surface area contributed by atoms with E-state index in [1.54, 1.807) is 7.11 Å². The lowest BCUT2D eigenvalue weighted by Crippen LogP contribution is -2.45. The smallest absolute Gasteiger partial charge is 0.138 e. The minimum atomic E-state index is -0.0372. The van der Waals surface area contributed by atoms with Gasteiger partial charge in [-0.3, -0.25) is 0 Å². The van der Waals surface area contributed by atoms with E-state index in [0.29, 0.717) is 0 Å². The van der Waals surface area contributed by atoms with Gasteiger partial charge >= 0.3 is 0 Å². The Morgan fingerprint density at radius 3 is 2.83 bits per heavy atom. The van der Waals surface area contributed by atoms with E-state index in [2.05, 4.69) is 6.07 Å². The first-order chi connectivity index (χ1) is 8.82. The van der Waals surface area contributed by atoms with Gasteiger partial charge in [-0.1, -0.05) is 6.42 Å². The van der Waals surface area contributed by atoms with Crippen molar-refractivity contribution in [1.82, 2.24) is 0 Å². The number of methoxy groups -OCH3 is 1. The SMILES string of the molecule is COc1ccc2c(c1)[C@@H]1O[C@H]1C1(CCCCC1)O2. The van der Waals surface area contributed by atoms with E-state index in [1.165, 1.54) is 19.3 Å². The van der Waals surface area contributed by atoms with Crippen molar-refractivity contribution < 1.29 is 14.2 Å². The van der Waals surface area contributed by atoms with Gasteiger partial charge in [0.2, 0.25) is 0 Å². The fourth-order valence-electron chi connectivity index (χ4n) is 3.53. The van der Waals surface area contributed by atoms with Gasteiger partial charge in [-0.15, -0.1) is 0 Å². The predicted molar refractivity (Wildman–Crippen MR) is 67.1 cm³/mol. The second kappa shape index (κ2) is 3.64. The van der Waals surface area contributed by atoms with Gasteiger partial charge in [0.05, 0.1) is 7.11 Å². The van der Waals surface area contributed by atoms with Crippen molar-refractivity contribution in [2.75, 3.05) is 7.11 Å². The second-order valence-electron chi connectivity index (χ2n) is 5.61. The van der Waals surface area contributed by atoms with Gasteiger partial charge in [0, 0.05) is 5.56 Å². The highest BCUT2D eigenvalue weighted by Crippen LogP contribution is 2.58. The van der Waals surface area contributed by atoms with Crippen LogP contribution in [-0.4, -0.2) is 18.8 Å². The summed E-state index contributed by atoms with van der Waals surface area (Å²) in [5, 5.41) is 0. The molecule has 1 aromatic rings. The molecule has 96 valence electrons. The first-order valence-electron chi connectivity index (χ1n) is 6.85. The highest BCUT2D eigenvalue weighted by atomic mass is 16.6. The lowest BCUT2D eigenvalue weighted by atomic mass is 9.79. The number of rotatable bonds is 1. The molecule has 1 saturated heterocycles. The maximum Gasteiger partial charge on any atom is 0.138 e. The summed E-state index contributed by atoms with van der Waals surface area (Å²) in [5.74, 6) is 1.88. The normalized spacial score (nSPS) is 31.2. The molecule has 0 unspecified atom stereocenters. The number of hydrogen-bond donors (Lipinski definition) is 0. The monoisotopic (exact) mass is 246 g/mol. The van der Waals surface area contributed by atoms with Crippen LogP contribution in [0.2, 0.25) is 0 Å².